The minimum atomic E-state index is 0.329. The molecule has 0 aromatic heterocycles. The van der Waals surface area contributed by atoms with Crippen molar-refractivity contribution in [3.63, 3.8) is 0 Å². The van der Waals surface area contributed by atoms with Gasteiger partial charge >= 0.3 is 0 Å². The molecule has 1 aromatic rings. The Morgan fingerprint density at radius 3 is 3.00 bits per heavy atom. The molecule has 0 bridgehead atoms. The number of rotatable bonds is 4. The van der Waals surface area contributed by atoms with E-state index in [1.54, 1.807) is 0 Å². The fraction of sp³-hybridized carbons (Fsp3) is 0.625. The average molecular weight is 276 g/mol. The first-order valence-corrected chi connectivity index (χ1v) is 7.58. The SMILES string of the molecule is CC1CCCN(CC(CN)c2ccc3c(c2)OCO3)C1. The highest BCUT2D eigenvalue weighted by atomic mass is 16.7. The number of nitrogens with zero attached hydrogens (tertiary/aromatic N) is 1. The van der Waals surface area contributed by atoms with E-state index in [1.165, 1.54) is 31.5 Å². The Balaban J connectivity index is 1.69. The van der Waals surface area contributed by atoms with Crippen LogP contribution in [0.4, 0.5) is 0 Å². The maximum atomic E-state index is 6.00. The lowest BCUT2D eigenvalue weighted by Crippen LogP contribution is -2.38. The van der Waals surface area contributed by atoms with Crippen molar-refractivity contribution in [3.8, 4) is 11.5 Å². The first-order valence-electron chi connectivity index (χ1n) is 7.58. The highest BCUT2D eigenvalue weighted by Gasteiger charge is 2.22. The molecule has 110 valence electrons. The molecule has 1 fully saturated rings. The van der Waals surface area contributed by atoms with Gasteiger partial charge in [0.25, 0.3) is 0 Å². The number of ether oxygens (including phenoxy) is 2. The van der Waals surface area contributed by atoms with Gasteiger partial charge in [0.05, 0.1) is 0 Å². The Morgan fingerprint density at radius 2 is 2.20 bits per heavy atom. The van der Waals surface area contributed by atoms with Crippen LogP contribution in [0.2, 0.25) is 0 Å². The molecule has 0 saturated carbocycles. The van der Waals surface area contributed by atoms with E-state index < -0.39 is 0 Å². The van der Waals surface area contributed by atoms with E-state index in [0.29, 0.717) is 19.3 Å². The molecular formula is C16H24N2O2. The van der Waals surface area contributed by atoms with Crippen molar-refractivity contribution in [1.29, 1.82) is 0 Å². The van der Waals surface area contributed by atoms with Crippen LogP contribution in [0.15, 0.2) is 18.2 Å². The van der Waals surface area contributed by atoms with Crippen LogP contribution >= 0.6 is 0 Å². The van der Waals surface area contributed by atoms with Crippen molar-refractivity contribution in [2.75, 3.05) is 33.0 Å². The summed E-state index contributed by atoms with van der Waals surface area (Å²) in [5.74, 6) is 2.87. The highest BCUT2D eigenvalue weighted by Crippen LogP contribution is 2.34. The number of benzene rings is 1. The van der Waals surface area contributed by atoms with Crippen LogP contribution in [0.25, 0.3) is 0 Å². The third-order valence-electron chi connectivity index (χ3n) is 4.37. The Morgan fingerprint density at radius 1 is 1.35 bits per heavy atom. The van der Waals surface area contributed by atoms with Crippen LogP contribution in [0.3, 0.4) is 0 Å². The molecule has 1 aromatic carbocycles. The standard InChI is InChI=1S/C16H24N2O2/c1-12-3-2-6-18(9-12)10-14(8-17)13-4-5-15-16(7-13)20-11-19-15/h4-5,7,12,14H,2-3,6,8-11,17H2,1H3. The van der Waals surface area contributed by atoms with Gasteiger partial charge in [-0.25, -0.2) is 0 Å². The van der Waals surface area contributed by atoms with E-state index in [2.05, 4.69) is 24.0 Å². The number of hydrogen-bond acceptors (Lipinski definition) is 4. The van der Waals surface area contributed by atoms with Gasteiger partial charge < -0.3 is 20.1 Å². The maximum absolute atomic E-state index is 6.00. The first-order chi connectivity index (χ1) is 9.76. The molecule has 2 heterocycles. The Labute approximate surface area is 120 Å². The van der Waals surface area contributed by atoms with E-state index in [9.17, 15) is 0 Å². The largest absolute Gasteiger partial charge is 0.454 e. The van der Waals surface area contributed by atoms with Gasteiger partial charge in [-0.3, -0.25) is 0 Å². The first kappa shape index (κ1) is 13.7. The highest BCUT2D eigenvalue weighted by molar-refractivity contribution is 5.45. The molecule has 3 rings (SSSR count). The molecule has 2 N–H and O–H groups in total. The summed E-state index contributed by atoms with van der Waals surface area (Å²) in [5.41, 5.74) is 7.26. The van der Waals surface area contributed by atoms with Gasteiger partial charge in [-0.2, -0.15) is 0 Å². The fourth-order valence-corrected chi connectivity index (χ4v) is 3.25. The lowest BCUT2D eigenvalue weighted by Gasteiger charge is -2.33. The molecule has 0 amide bonds. The van der Waals surface area contributed by atoms with E-state index in [0.717, 1.165) is 24.0 Å². The zero-order valence-corrected chi connectivity index (χ0v) is 12.2. The van der Waals surface area contributed by atoms with Gasteiger partial charge in [-0.05, 0) is 43.0 Å². The van der Waals surface area contributed by atoms with Gasteiger partial charge in [-0.1, -0.05) is 13.0 Å². The summed E-state index contributed by atoms with van der Waals surface area (Å²) in [4.78, 5) is 2.55. The summed E-state index contributed by atoms with van der Waals surface area (Å²) in [5, 5.41) is 0. The van der Waals surface area contributed by atoms with Crippen molar-refractivity contribution >= 4 is 0 Å². The summed E-state index contributed by atoms with van der Waals surface area (Å²) in [6.45, 7) is 6.78. The topological polar surface area (TPSA) is 47.7 Å². The lowest BCUT2D eigenvalue weighted by atomic mass is 9.95. The van der Waals surface area contributed by atoms with Crippen LogP contribution in [0.1, 0.15) is 31.2 Å². The summed E-state index contributed by atoms with van der Waals surface area (Å²) < 4.78 is 10.8. The minimum absolute atomic E-state index is 0.329. The van der Waals surface area contributed by atoms with Crippen LogP contribution in [0, 0.1) is 5.92 Å². The second kappa shape index (κ2) is 6.02. The normalized spacial score (nSPS) is 23.8. The van der Waals surface area contributed by atoms with Crippen LogP contribution in [-0.4, -0.2) is 37.9 Å². The smallest absolute Gasteiger partial charge is 0.231 e. The Hall–Kier alpha value is -1.26. The van der Waals surface area contributed by atoms with Crippen molar-refractivity contribution in [1.82, 2.24) is 4.90 Å². The predicted octanol–water partition coefficient (Wildman–Crippen LogP) is 2.19. The van der Waals surface area contributed by atoms with Gasteiger partial charge in [-0.15, -0.1) is 0 Å². The summed E-state index contributed by atoms with van der Waals surface area (Å²) in [6, 6.07) is 6.21. The third kappa shape index (κ3) is 2.91. The van der Waals surface area contributed by atoms with Crippen molar-refractivity contribution < 1.29 is 9.47 Å². The zero-order valence-electron chi connectivity index (χ0n) is 12.2. The van der Waals surface area contributed by atoms with Gasteiger partial charge in [0.1, 0.15) is 0 Å². The molecule has 2 unspecified atom stereocenters. The molecule has 0 aliphatic carbocycles. The quantitative estimate of drug-likeness (QED) is 0.916. The van der Waals surface area contributed by atoms with Gasteiger partial charge in [0, 0.05) is 25.6 Å². The summed E-state index contributed by atoms with van der Waals surface area (Å²) >= 11 is 0. The van der Waals surface area contributed by atoms with E-state index in [1.807, 2.05) is 6.07 Å². The molecule has 0 radical (unpaired) electrons. The number of hydrogen-bond donors (Lipinski definition) is 1. The van der Waals surface area contributed by atoms with Crippen molar-refractivity contribution in [3.05, 3.63) is 23.8 Å². The van der Waals surface area contributed by atoms with Crippen LogP contribution < -0.4 is 15.2 Å². The molecule has 2 aliphatic rings. The number of fused-ring (bicyclic) bond motifs is 1. The molecule has 0 spiro atoms. The van der Waals surface area contributed by atoms with Crippen LogP contribution in [-0.2, 0) is 0 Å². The van der Waals surface area contributed by atoms with Gasteiger partial charge in [0.15, 0.2) is 11.5 Å². The Bertz CT molecular complexity index is 464. The summed E-state index contributed by atoms with van der Waals surface area (Å²) in [7, 11) is 0. The summed E-state index contributed by atoms with van der Waals surface area (Å²) in [6.07, 6.45) is 2.66. The van der Waals surface area contributed by atoms with Gasteiger partial charge in [0.2, 0.25) is 6.79 Å². The van der Waals surface area contributed by atoms with E-state index >= 15 is 0 Å². The predicted molar refractivity (Wildman–Crippen MR) is 79.2 cm³/mol. The molecule has 2 aliphatic heterocycles. The molecule has 4 nitrogen and oxygen atoms in total. The zero-order chi connectivity index (χ0) is 13.9. The van der Waals surface area contributed by atoms with E-state index in [-0.39, 0.29) is 0 Å². The number of likely N-dealkylation sites (tertiary alicyclic amines) is 1. The molecule has 1 saturated heterocycles. The lowest BCUT2D eigenvalue weighted by molar-refractivity contribution is 0.173. The second-order valence-electron chi connectivity index (χ2n) is 6.05. The second-order valence-corrected chi connectivity index (χ2v) is 6.05. The minimum Gasteiger partial charge on any atom is -0.454 e. The number of piperidine rings is 1. The third-order valence-corrected chi connectivity index (χ3v) is 4.37. The Kier molecular flexibility index (Phi) is 4.13. The monoisotopic (exact) mass is 276 g/mol. The molecule has 2 atom stereocenters. The number of nitrogens with two attached hydrogens (primary N) is 1. The maximum Gasteiger partial charge on any atom is 0.231 e. The average Bonchev–Trinajstić information content (AvgIpc) is 2.92. The van der Waals surface area contributed by atoms with E-state index in [4.69, 9.17) is 15.2 Å². The fourth-order valence-electron chi connectivity index (χ4n) is 3.25. The van der Waals surface area contributed by atoms with Crippen molar-refractivity contribution in [2.45, 2.75) is 25.7 Å². The molecule has 4 heteroatoms. The molecular weight excluding hydrogens is 252 g/mol. The van der Waals surface area contributed by atoms with Crippen LogP contribution in [0.5, 0.6) is 11.5 Å². The molecule has 20 heavy (non-hydrogen) atoms. The van der Waals surface area contributed by atoms with Crippen molar-refractivity contribution in [2.24, 2.45) is 11.7 Å².